The van der Waals surface area contributed by atoms with Gasteiger partial charge >= 0.3 is 0 Å². The van der Waals surface area contributed by atoms with E-state index in [4.69, 9.17) is 26.1 Å². The fourth-order valence-electron chi connectivity index (χ4n) is 6.29. The molecule has 2 N–H and O–H groups in total. The minimum absolute atomic E-state index is 0.0521. The molecule has 3 aromatic heterocycles. The predicted octanol–water partition coefficient (Wildman–Crippen LogP) is 7.15. The molecule has 254 valence electrons. The van der Waals surface area contributed by atoms with Gasteiger partial charge in [-0.1, -0.05) is 29.8 Å². The lowest BCUT2D eigenvalue weighted by Crippen LogP contribution is -2.33. The number of halogens is 3. The Balaban J connectivity index is 0.962. The monoisotopic (exact) mass is 695 g/mol. The summed E-state index contributed by atoms with van der Waals surface area (Å²) < 4.78 is 42.0. The minimum Gasteiger partial charge on any atom is -0.473 e. The molecule has 1 saturated heterocycles. The molecule has 13 heteroatoms. The number of rotatable bonds is 10. The number of H-pyrrole nitrogens is 1. The molecule has 0 saturated carbocycles. The Kier molecular flexibility index (Phi) is 8.73. The van der Waals surface area contributed by atoms with Crippen LogP contribution in [0.2, 0.25) is 5.02 Å². The van der Waals surface area contributed by atoms with Crippen LogP contribution in [0.4, 0.5) is 14.5 Å². The first-order valence-corrected chi connectivity index (χ1v) is 16.8. The van der Waals surface area contributed by atoms with Gasteiger partial charge in [-0.05, 0) is 73.0 Å². The molecule has 5 heterocycles. The van der Waals surface area contributed by atoms with Gasteiger partial charge in [-0.3, -0.25) is 14.8 Å². The highest BCUT2D eigenvalue weighted by Crippen LogP contribution is 2.28. The van der Waals surface area contributed by atoms with Crippen LogP contribution in [0, 0.1) is 11.8 Å². The van der Waals surface area contributed by atoms with Gasteiger partial charge < -0.3 is 19.4 Å². The van der Waals surface area contributed by atoms with Crippen molar-refractivity contribution in [3.05, 3.63) is 118 Å². The first-order valence-electron chi connectivity index (χ1n) is 16.4. The van der Waals surface area contributed by atoms with Gasteiger partial charge in [0.15, 0.2) is 0 Å². The van der Waals surface area contributed by atoms with E-state index in [0.29, 0.717) is 52.9 Å². The van der Waals surface area contributed by atoms with Crippen LogP contribution in [-0.4, -0.2) is 61.3 Å². The fraction of sp³-hybridized carbons (Fsp3) is 0.243. The number of carbonyl (C=O) groups is 1. The van der Waals surface area contributed by atoms with Gasteiger partial charge in [-0.15, -0.1) is 5.10 Å². The number of ether oxygens (including phenoxy) is 2. The second-order valence-corrected chi connectivity index (χ2v) is 12.9. The van der Waals surface area contributed by atoms with Crippen molar-refractivity contribution in [2.24, 2.45) is 0 Å². The lowest BCUT2D eigenvalue weighted by atomic mass is 10.0. The van der Waals surface area contributed by atoms with E-state index in [1.807, 2.05) is 30.3 Å². The van der Waals surface area contributed by atoms with E-state index in [9.17, 15) is 13.6 Å². The highest BCUT2D eigenvalue weighted by Gasteiger charge is 2.24. The number of hydrogen-bond acceptors (Lipinski definition) is 7. The number of fused-ring (bicyclic) bond motifs is 2. The quantitative estimate of drug-likeness (QED) is 0.157. The molecule has 0 bridgehead atoms. The largest absolute Gasteiger partial charge is 0.473 e. The number of amides is 1. The van der Waals surface area contributed by atoms with Gasteiger partial charge in [-0.25, -0.2) is 14.4 Å². The maximum atomic E-state index is 14.2. The highest BCUT2D eigenvalue weighted by molar-refractivity contribution is 6.30. The summed E-state index contributed by atoms with van der Waals surface area (Å²) in [7, 11) is 0. The van der Waals surface area contributed by atoms with Crippen molar-refractivity contribution < 1.29 is 23.0 Å². The number of nitrogens with zero attached hydrogens (tertiary/aromatic N) is 5. The second kappa shape index (κ2) is 13.6. The molecular weight excluding hydrogens is 664 g/mol. The molecule has 0 unspecified atom stereocenters. The van der Waals surface area contributed by atoms with Gasteiger partial charge in [0.25, 0.3) is 5.91 Å². The number of imidazole rings is 1. The maximum Gasteiger partial charge on any atom is 0.255 e. The Hall–Kier alpha value is -5.17. The Morgan fingerprint density at radius 1 is 1.08 bits per heavy atom. The van der Waals surface area contributed by atoms with E-state index in [1.165, 1.54) is 12.1 Å². The van der Waals surface area contributed by atoms with Crippen LogP contribution in [0.3, 0.4) is 0 Å². The van der Waals surface area contributed by atoms with E-state index in [-0.39, 0.29) is 24.0 Å². The first-order chi connectivity index (χ1) is 24.4. The Bertz CT molecular complexity index is 2270. The summed E-state index contributed by atoms with van der Waals surface area (Å²) in [6.07, 6.45) is 4.10. The summed E-state index contributed by atoms with van der Waals surface area (Å²) in [6.45, 7) is 3.66. The smallest absolute Gasteiger partial charge is 0.255 e. The molecular formula is C37H32ClF2N7O3. The minimum atomic E-state index is -0.648. The van der Waals surface area contributed by atoms with E-state index in [1.54, 1.807) is 30.3 Å². The normalized spacial score (nSPS) is 16.4. The second-order valence-electron chi connectivity index (χ2n) is 12.5. The van der Waals surface area contributed by atoms with Crippen molar-refractivity contribution >= 4 is 50.7 Å². The molecule has 1 fully saturated rings. The molecule has 10 nitrogen and oxygen atoms in total. The van der Waals surface area contributed by atoms with Crippen LogP contribution in [0.25, 0.3) is 27.5 Å². The van der Waals surface area contributed by atoms with Crippen LogP contribution >= 0.6 is 11.6 Å². The predicted molar refractivity (Wildman–Crippen MR) is 186 cm³/mol. The molecule has 1 atom stereocenters. The third-order valence-corrected chi connectivity index (χ3v) is 9.38. The summed E-state index contributed by atoms with van der Waals surface area (Å²) in [5.74, 6) is -0.0729. The molecule has 50 heavy (non-hydrogen) atoms. The Labute approximate surface area is 290 Å². The maximum absolute atomic E-state index is 14.2. The van der Waals surface area contributed by atoms with E-state index >= 15 is 0 Å². The number of carbonyl (C=O) groups excluding carboxylic acids is 1. The molecule has 0 aliphatic carbocycles. The average Bonchev–Trinajstić information content (AvgIpc) is 3.64. The van der Waals surface area contributed by atoms with Crippen molar-refractivity contribution in [2.75, 3.05) is 25.0 Å². The lowest BCUT2D eigenvalue weighted by molar-refractivity contribution is -0.0591. The van der Waals surface area contributed by atoms with Crippen LogP contribution in [0.15, 0.2) is 78.9 Å². The zero-order chi connectivity index (χ0) is 34.2. The van der Waals surface area contributed by atoms with Gasteiger partial charge in [-0.2, -0.15) is 4.39 Å². The average molecular weight is 696 g/mol. The summed E-state index contributed by atoms with van der Waals surface area (Å²) in [5, 5.41) is 9.69. The van der Waals surface area contributed by atoms with E-state index < -0.39 is 11.8 Å². The van der Waals surface area contributed by atoms with Crippen molar-refractivity contribution in [3.63, 3.8) is 0 Å². The number of anilines is 1. The summed E-state index contributed by atoms with van der Waals surface area (Å²) in [6, 6.07) is 20.6. The lowest BCUT2D eigenvalue weighted by Gasteiger charge is -2.29. The van der Waals surface area contributed by atoms with E-state index in [2.05, 4.69) is 36.0 Å². The third kappa shape index (κ3) is 6.69. The molecule has 6 aromatic rings. The standard InChI is InChI=1S/C37H32ClF2N7O3/c38-25-6-4-24(29(39)17-25)21-50-35-3-1-2-30(43-35)22-10-13-46(14-11-22)20-34-42-32-18-26(7-9-33(32)47(34)19-27-12-15-49-27)41-37(48)23-5-8-31-28(16-23)36(40)45-44-31/h1-10,16-18,27H,11-15,19-21H2,(H,41,48)(H,44,45)/t27-/m0/s1. The number of aromatic amines is 1. The molecule has 0 spiro atoms. The van der Waals surface area contributed by atoms with E-state index in [0.717, 1.165) is 54.1 Å². The fourth-order valence-corrected chi connectivity index (χ4v) is 6.45. The Morgan fingerprint density at radius 2 is 1.98 bits per heavy atom. The number of benzene rings is 3. The molecule has 8 rings (SSSR count). The number of pyridine rings is 1. The SMILES string of the molecule is O=C(Nc1ccc2c(c1)nc(CN1CC=C(c3cccc(OCc4ccc(Cl)cc4F)n3)CC1)n2C[C@@H]1CCO1)c1ccc2[nH]nc(F)c2c1. The zero-order valence-corrected chi connectivity index (χ0v) is 27.6. The van der Waals surface area contributed by atoms with Gasteiger partial charge in [0.1, 0.15) is 18.2 Å². The molecule has 2 aliphatic heterocycles. The summed E-state index contributed by atoms with van der Waals surface area (Å²) in [5.41, 5.74) is 5.53. The molecule has 0 radical (unpaired) electrons. The van der Waals surface area contributed by atoms with Crippen LogP contribution < -0.4 is 10.1 Å². The summed E-state index contributed by atoms with van der Waals surface area (Å²) in [4.78, 5) is 25.1. The van der Waals surface area contributed by atoms with Crippen LogP contribution in [0.1, 0.15) is 40.3 Å². The molecule has 2 aliphatic rings. The van der Waals surface area contributed by atoms with Gasteiger partial charge in [0, 0.05) is 47.6 Å². The van der Waals surface area contributed by atoms with Crippen molar-refractivity contribution in [1.29, 1.82) is 0 Å². The van der Waals surface area contributed by atoms with Gasteiger partial charge in [0.05, 0.1) is 46.8 Å². The number of hydrogen-bond donors (Lipinski definition) is 2. The first kappa shape index (κ1) is 32.1. The topological polar surface area (TPSA) is 110 Å². The third-order valence-electron chi connectivity index (χ3n) is 9.14. The summed E-state index contributed by atoms with van der Waals surface area (Å²) >= 11 is 5.87. The number of aromatic nitrogens is 5. The Morgan fingerprint density at radius 3 is 2.78 bits per heavy atom. The molecule has 1 amide bonds. The van der Waals surface area contributed by atoms with Gasteiger partial charge in [0.2, 0.25) is 11.8 Å². The van der Waals surface area contributed by atoms with Crippen LogP contribution in [0.5, 0.6) is 5.88 Å². The molecule has 3 aromatic carbocycles. The van der Waals surface area contributed by atoms with Crippen LogP contribution in [-0.2, 0) is 24.4 Å². The van der Waals surface area contributed by atoms with Crippen molar-refractivity contribution in [2.45, 2.75) is 38.6 Å². The number of nitrogens with one attached hydrogen (secondary N) is 2. The van der Waals surface area contributed by atoms with Crippen molar-refractivity contribution in [1.82, 2.24) is 29.6 Å². The van der Waals surface area contributed by atoms with Crippen molar-refractivity contribution in [3.8, 4) is 5.88 Å². The highest BCUT2D eigenvalue weighted by atomic mass is 35.5. The zero-order valence-electron chi connectivity index (χ0n) is 26.8.